The Morgan fingerprint density at radius 2 is 2.00 bits per heavy atom. The van der Waals surface area contributed by atoms with Gasteiger partial charge in [-0.1, -0.05) is 12.5 Å². The Kier molecular flexibility index (Phi) is 6.79. The van der Waals surface area contributed by atoms with E-state index in [1.807, 2.05) is 0 Å². The molecular weight excluding hydrogens is 138 g/mol. The molecule has 1 aliphatic rings. The summed E-state index contributed by atoms with van der Waals surface area (Å²) in [6.45, 7) is 7.39. The van der Waals surface area contributed by atoms with Crippen molar-refractivity contribution in [2.75, 3.05) is 6.54 Å². The van der Waals surface area contributed by atoms with Gasteiger partial charge < -0.3 is 5.32 Å². The molecule has 0 aromatic carbocycles. The van der Waals surface area contributed by atoms with Crippen LogP contribution in [0.15, 0.2) is 12.7 Å². The molecule has 11 heavy (non-hydrogen) atoms. The van der Waals surface area contributed by atoms with Gasteiger partial charge in [-0.2, -0.15) is 0 Å². The third-order valence-electron chi connectivity index (χ3n) is 1.40. The summed E-state index contributed by atoms with van der Waals surface area (Å²) in [7, 11) is 0. The van der Waals surface area contributed by atoms with Crippen molar-refractivity contribution in [3.8, 4) is 0 Å². The van der Waals surface area contributed by atoms with Gasteiger partial charge in [0, 0.05) is 13.0 Å². The number of nitrogens with one attached hydrogen (secondary N) is 1. The predicted octanol–water partition coefficient (Wildman–Crippen LogP) is 1.68. The second-order valence-corrected chi connectivity index (χ2v) is 2.45. The average Bonchev–Trinajstić information content (AvgIpc) is 2.18. The first-order valence-corrected chi connectivity index (χ1v) is 3.98. The number of rotatable bonds is 0. The maximum absolute atomic E-state index is 10.6. The van der Waals surface area contributed by atoms with Crippen LogP contribution in [0.25, 0.3) is 0 Å². The molecule has 1 amide bonds. The minimum absolute atomic E-state index is 0.225. The minimum Gasteiger partial charge on any atom is -0.356 e. The van der Waals surface area contributed by atoms with Crippen LogP contribution < -0.4 is 5.32 Å². The molecule has 1 saturated heterocycles. The normalized spacial score (nSPS) is 17.0. The van der Waals surface area contributed by atoms with Gasteiger partial charge in [0.1, 0.15) is 0 Å². The van der Waals surface area contributed by atoms with Crippen molar-refractivity contribution in [3.05, 3.63) is 19.6 Å². The van der Waals surface area contributed by atoms with Crippen molar-refractivity contribution < 1.29 is 4.79 Å². The van der Waals surface area contributed by atoms with Crippen LogP contribution >= 0.6 is 0 Å². The Hall–Kier alpha value is -0.790. The first-order valence-electron chi connectivity index (χ1n) is 3.98. The SMILES string of the molecule is O=C1CCCCCN1.[CH2]C=C. The lowest BCUT2D eigenvalue weighted by Crippen LogP contribution is -2.21. The van der Waals surface area contributed by atoms with Crippen molar-refractivity contribution in [1.29, 1.82) is 0 Å². The minimum atomic E-state index is 0.225. The molecule has 0 aromatic heterocycles. The van der Waals surface area contributed by atoms with Crippen LogP contribution in [-0.2, 0) is 4.79 Å². The Bertz CT molecular complexity index is 111. The lowest BCUT2D eigenvalue weighted by Gasteiger charge is -1.93. The highest BCUT2D eigenvalue weighted by atomic mass is 16.1. The van der Waals surface area contributed by atoms with Gasteiger partial charge in [0.05, 0.1) is 0 Å². The standard InChI is InChI=1S/C6H11NO.C3H5/c8-6-4-2-1-3-5-7-6;1-3-2/h1-5H2,(H,7,8);3H,1-2H2. The summed E-state index contributed by atoms with van der Waals surface area (Å²) in [4.78, 5) is 10.6. The number of amides is 1. The molecule has 0 unspecified atom stereocenters. The van der Waals surface area contributed by atoms with Crippen LogP contribution in [0.4, 0.5) is 0 Å². The van der Waals surface area contributed by atoms with E-state index in [1.54, 1.807) is 0 Å². The number of carbonyl (C=O) groups excluding carboxylic acids is 1. The van der Waals surface area contributed by atoms with Crippen molar-refractivity contribution in [2.24, 2.45) is 0 Å². The van der Waals surface area contributed by atoms with E-state index in [-0.39, 0.29) is 5.91 Å². The van der Waals surface area contributed by atoms with Gasteiger partial charge in [-0.25, -0.2) is 0 Å². The molecular formula is C9H16NO. The van der Waals surface area contributed by atoms with Crippen molar-refractivity contribution >= 4 is 5.91 Å². The Labute approximate surface area is 68.7 Å². The van der Waals surface area contributed by atoms with Gasteiger partial charge in [-0.3, -0.25) is 4.79 Å². The number of allylic oxidation sites excluding steroid dienone is 1. The third kappa shape index (κ3) is 7.10. The summed E-state index contributed by atoms with van der Waals surface area (Å²) in [5.74, 6) is 0.225. The molecule has 2 nitrogen and oxygen atoms in total. The summed E-state index contributed by atoms with van der Waals surface area (Å²) in [6, 6.07) is 0. The maximum Gasteiger partial charge on any atom is 0.219 e. The zero-order valence-corrected chi connectivity index (χ0v) is 6.94. The van der Waals surface area contributed by atoms with Crippen molar-refractivity contribution in [1.82, 2.24) is 5.32 Å². The fourth-order valence-electron chi connectivity index (χ4n) is 0.904. The molecule has 0 aliphatic carbocycles. The molecule has 1 radical (unpaired) electrons. The molecule has 1 N–H and O–H groups in total. The summed E-state index contributed by atoms with van der Waals surface area (Å²) in [5, 5.41) is 2.81. The van der Waals surface area contributed by atoms with Crippen LogP contribution in [0.3, 0.4) is 0 Å². The van der Waals surface area contributed by atoms with E-state index in [9.17, 15) is 4.79 Å². The number of hydrogen-bond donors (Lipinski definition) is 1. The molecule has 2 heteroatoms. The smallest absolute Gasteiger partial charge is 0.219 e. The van der Waals surface area contributed by atoms with E-state index in [1.165, 1.54) is 12.5 Å². The highest BCUT2D eigenvalue weighted by molar-refractivity contribution is 5.75. The van der Waals surface area contributed by atoms with Gasteiger partial charge >= 0.3 is 0 Å². The van der Waals surface area contributed by atoms with Crippen LogP contribution in [-0.4, -0.2) is 12.5 Å². The first-order chi connectivity index (χ1) is 5.31. The Balaban J connectivity index is 0.000000292. The molecule has 1 rings (SSSR count). The first kappa shape index (κ1) is 10.2. The van der Waals surface area contributed by atoms with Gasteiger partial charge in [0.2, 0.25) is 5.91 Å². The summed E-state index contributed by atoms with van der Waals surface area (Å²) >= 11 is 0. The molecule has 0 aromatic rings. The molecule has 0 saturated carbocycles. The van der Waals surface area contributed by atoms with E-state index in [0.29, 0.717) is 0 Å². The highest BCUT2D eigenvalue weighted by Crippen LogP contribution is 2.02. The third-order valence-corrected chi connectivity index (χ3v) is 1.40. The second kappa shape index (κ2) is 7.32. The fourth-order valence-corrected chi connectivity index (χ4v) is 0.904. The van der Waals surface area contributed by atoms with Crippen LogP contribution in [0.2, 0.25) is 0 Å². The molecule has 63 valence electrons. The van der Waals surface area contributed by atoms with E-state index in [0.717, 1.165) is 25.8 Å². The molecule has 1 fully saturated rings. The van der Waals surface area contributed by atoms with E-state index in [2.05, 4.69) is 18.8 Å². The lowest BCUT2D eigenvalue weighted by molar-refractivity contribution is -0.120. The number of hydrogen-bond acceptors (Lipinski definition) is 1. The molecule has 1 heterocycles. The van der Waals surface area contributed by atoms with Crippen LogP contribution in [0.5, 0.6) is 0 Å². The summed E-state index contributed by atoms with van der Waals surface area (Å²) in [5.41, 5.74) is 0. The van der Waals surface area contributed by atoms with Crippen molar-refractivity contribution in [2.45, 2.75) is 25.7 Å². The van der Waals surface area contributed by atoms with Gasteiger partial charge in [0.25, 0.3) is 0 Å². The molecule has 0 spiro atoms. The fraction of sp³-hybridized carbons (Fsp3) is 0.556. The lowest BCUT2D eigenvalue weighted by atomic mass is 10.2. The van der Waals surface area contributed by atoms with E-state index >= 15 is 0 Å². The zero-order chi connectivity index (χ0) is 8.53. The molecule has 0 atom stereocenters. The molecule has 0 bridgehead atoms. The van der Waals surface area contributed by atoms with Crippen LogP contribution in [0.1, 0.15) is 25.7 Å². The van der Waals surface area contributed by atoms with Crippen LogP contribution in [0, 0.1) is 6.92 Å². The largest absolute Gasteiger partial charge is 0.356 e. The van der Waals surface area contributed by atoms with E-state index in [4.69, 9.17) is 0 Å². The van der Waals surface area contributed by atoms with Gasteiger partial charge in [0.15, 0.2) is 0 Å². The Morgan fingerprint density at radius 1 is 1.36 bits per heavy atom. The zero-order valence-electron chi connectivity index (χ0n) is 6.94. The van der Waals surface area contributed by atoms with Gasteiger partial charge in [-0.05, 0) is 19.8 Å². The van der Waals surface area contributed by atoms with Crippen molar-refractivity contribution in [3.63, 3.8) is 0 Å². The Morgan fingerprint density at radius 3 is 2.64 bits per heavy atom. The summed E-state index contributed by atoms with van der Waals surface area (Å²) in [6.07, 6.45) is 5.68. The van der Waals surface area contributed by atoms with Gasteiger partial charge in [-0.15, -0.1) is 6.58 Å². The highest BCUT2D eigenvalue weighted by Gasteiger charge is 2.03. The quantitative estimate of drug-likeness (QED) is 0.565. The average molecular weight is 154 g/mol. The molecule has 1 aliphatic heterocycles. The summed E-state index contributed by atoms with van der Waals surface area (Å²) < 4.78 is 0. The predicted molar refractivity (Wildman–Crippen MR) is 47.0 cm³/mol. The monoisotopic (exact) mass is 154 g/mol. The van der Waals surface area contributed by atoms with E-state index < -0.39 is 0 Å². The number of carbonyl (C=O) groups is 1. The topological polar surface area (TPSA) is 29.1 Å². The maximum atomic E-state index is 10.6. The second-order valence-electron chi connectivity index (χ2n) is 2.45.